The molecule has 0 fully saturated rings. The predicted molar refractivity (Wildman–Crippen MR) is 78.3 cm³/mol. The molecule has 102 valence electrons. The molecule has 1 aromatic carbocycles. The first-order chi connectivity index (χ1) is 9.72. The van der Waals surface area contributed by atoms with Gasteiger partial charge in [0, 0.05) is 29.2 Å². The van der Waals surface area contributed by atoms with Crippen molar-refractivity contribution in [2.45, 2.75) is 0 Å². The maximum absolute atomic E-state index is 12.3. The Kier molecular flexibility index (Phi) is 3.15. The number of benzene rings is 1. The molecule has 0 saturated carbocycles. The average Bonchev–Trinajstić information content (AvgIpc) is 2.99. The van der Waals surface area contributed by atoms with Gasteiger partial charge in [0.15, 0.2) is 5.43 Å². The van der Waals surface area contributed by atoms with Crippen LogP contribution >= 0.6 is 11.3 Å². The minimum absolute atomic E-state index is 0.0937. The van der Waals surface area contributed by atoms with Crippen LogP contribution in [-0.4, -0.2) is 24.0 Å². The molecule has 3 aromatic rings. The van der Waals surface area contributed by atoms with E-state index in [1.807, 2.05) is 12.1 Å². The third-order valence-corrected chi connectivity index (χ3v) is 4.00. The third kappa shape index (κ3) is 2.04. The number of hydrogen-bond donors (Lipinski definition) is 0. The maximum Gasteiger partial charge on any atom is 0.193 e. The summed E-state index contributed by atoms with van der Waals surface area (Å²) in [7, 11) is 3.13. The van der Waals surface area contributed by atoms with E-state index in [9.17, 15) is 4.79 Å². The molecule has 0 atom stereocenters. The van der Waals surface area contributed by atoms with Gasteiger partial charge in [-0.25, -0.2) is 4.68 Å². The molecule has 20 heavy (non-hydrogen) atoms. The number of aromatic nitrogens is 2. The molecule has 0 aliphatic carbocycles. The summed E-state index contributed by atoms with van der Waals surface area (Å²) in [4.78, 5) is 12.3. The summed E-state index contributed by atoms with van der Waals surface area (Å²) in [6, 6.07) is 6.92. The van der Waals surface area contributed by atoms with Crippen LogP contribution in [0.3, 0.4) is 0 Å². The summed E-state index contributed by atoms with van der Waals surface area (Å²) in [5, 5.41) is 5.46. The number of nitrogens with zero attached hydrogens (tertiary/aromatic N) is 2. The molecule has 2 aromatic heterocycles. The van der Waals surface area contributed by atoms with Crippen molar-refractivity contribution < 1.29 is 9.47 Å². The lowest BCUT2D eigenvalue weighted by molar-refractivity contribution is 0.398. The zero-order valence-corrected chi connectivity index (χ0v) is 11.8. The van der Waals surface area contributed by atoms with E-state index < -0.39 is 0 Å². The van der Waals surface area contributed by atoms with E-state index in [2.05, 4.69) is 5.10 Å². The van der Waals surface area contributed by atoms with Crippen LogP contribution in [0.4, 0.5) is 0 Å². The first kappa shape index (κ1) is 12.7. The lowest BCUT2D eigenvalue weighted by Gasteiger charge is -2.09. The van der Waals surface area contributed by atoms with Gasteiger partial charge in [-0.1, -0.05) is 0 Å². The van der Waals surface area contributed by atoms with Crippen LogP contribution in [0.2, 0.25) is 0 Å². The third-order valence-electron chi connectivity index (χ3n) is 2.94. The summed E-state index contributed by atoms with van der Waals surface area (Å²) < 4.78 is 13.0. The van der Waals surface area contributed by atoms with Gasteiger partial charge in [-0.3, -0.25) is 4.79 Å². The van der Waals surface area contributed by atoms with Crippen LogP contribution in [0.25, 0.3) is 15.1 Å². The first-order valence-electron chi connectivity index (χ1n) is 5.93. The van der Waals surface area contributed by atoms with Crippen molar-refractivity contribution in [1.82, 2.24) is 9.78 Å². The first-order valence-corrected chi connectivity index (χ1v) is 6.74. The largest absolute Gasteiger partial charge is 0.497 e. The van der Waals surface area contributed by atoms with Crippen LogP contribution in [0.1, 0.15) is 0 Å². The second-order valence-electron chi connectivity index (χ2n) is 4.10. The van der Waals surface area contributed by atoms with E-state index in [4.69, 9.17) is 9.47 Å². The van der Waals surface area contributed by atoms with Gasteiger partial charge in [-0.2, -0.15) is 5.10 Å². The average molecular weight is 288 g/mol. The fourth-order valence-corrected chi connectivity index (χ4v) is 3.08. The van der Waals surface area contributed by atoms with Crippen molar-refractivity contribution in [2.24, 2.45) is 0 Å². The lowest BCUT2D eigenvalue weighted by Crippen LogP contribution is -2.05. The summed E-state index contributed by atoms with van der Waals surface area (Å²) in [5.74, 6) is 1.18. The van der Waals surface area contributed by atoms with Gasteiger partial charge in [0.25, 0.3) is 0 Å². The summed E-state index contributed by atoms with van der Waals surface area (Å²) in [6.07, 6.45) is 3.47. The fraction of sp³-hybridized carbons (Fsp3) is 0.143. The zero-order chi connectivity index (χ0) is 14.1. The van der Waals surface area contributed by atoms with Gasteiger partial charge in [0.05, 0.1) is 19.6 Å². The van der Waals surface area contributed by atoms with Crippen molar-refractivity contribution in [1.29, 1.82) is 0 Å². The second kappa shape index (κ2) is 4.97. The number of rotatable bonds is 3. The van der Waals surface area contributed by atoms with E-state index >= 15 is 0 Å². The fourth-order valence-electron chi connectivity index (χ4n) is 2.01. The molecule has 2 heterocycles. The Bertz CT molecular complexity index is 809. The minimum Gasteiger partial charge on any atom is -0.497 e. The van der Waals surface area contributed by atoms with Crippen LogP contribution in [0.15, 0.2) is 41.5 Å². The van der Waals surface area contributed by atoms with Crippen LogP contribution in [0.5, 0.6) is 11.5 Å². The number of fused-ring (bicyclic) bond motifs is 1. The molecule has 0 radical (unpaired) electrons. The number of hydrogen-bond acceptors (Lipinski definition) is 5. The Hall–Kier alpha value is -2.34. The van der Waals surface area contributed by atoms with Crippen molar-refractivity contribution in [3.8, 4) is 16.5 Å². The molecule has 0 bridgehead atoms. The highest BCUT2D eigenvalue weighted by atomic mass is 32.1. The molecular formula is C14H12N2O3S. The minimum atomic E-state index is -0.0937. The van der Waals surface area contributed by atoms with Gasteiger partial charge in [0.1, 0.15) is 16.5 Å². The molecule has 0 saturated heterocycles. The second-order valence-corrected chi connectivity index (χ2v) is 5.16. The van der Waals surface area contributed by atoms with Crippen LogP contribution in [0, 0.1) is 0 Å². The topological polar surface area (TPSA) is 53.4 Å². The van der Waals surface area contributed by atoms with E-state index in [0.717, 1.165) is 9.70 Å². The molecule has 0 amide bonds. The lowest BCUT2D eigenvalue weighted by atomic mass is 10.2. The van der Waals surface area contributed by atoms with E-state index in [-0.39, 0.29) is 5.43 Å². The van der Waals surface area contributed by atoms with Gasteiger partial charge >= 0.3 is 0 Å². The van der Waals surface area contributed by atoms with Crippen LogP contribution in [-0.2, 0) is 0 Å². The van der Waals surface area contributed by atoms with Gasteiger partial charge in [0.2, 0.25) is 0 Å². The van der Waals surface area contributed by atoms with Crippen molar-refractivity contribution in [3.05, 3.63) is 46.9 Å². The standard InChI is InChI=1S/C14H12N2O3S/c1-18-9-6-11(19-2)14-10(17)8-13(20-12(14)7-9)16-5-3-4-15-16/h3-8H,1-2H3. The van der Waals surface area contributed by atoms with Gasteiger partial charge < -0.3 is 9.47 Å². The van der Waals surface area contributed by atoms with Crippen molar-refractivity contribution in [3.63, 3.8) is 0 Å². The summed E-state index contributed by atoms with van der Waals surface area (Å²) >= 11 is 1.46. The Morgan fingerprint density at radius 3 is 2.70 bits per heavy atom. The van der Waals surface area contributed by atoms with Gasteiger partial charge in [-0.05, 0) is 12.1 Å². The number of ether oxygens (including phenoxy) is 2. The highest BCUT2D eigenvalue weighted by Crippen LogP contribution is 2.32. The molecule has 0 unspecified atom stereocenters. The molecule has 0 N–H and O–H groups in total. The quantitative estimate of drug-likeness (QED) is 0.743. The van der Waals surface area contributed by atoms with E-state index in [1.165, 1.54) is 11.3 Å². The van der Waals surface area contributed by atoms with Crippen molar-refractivity contribution in [2.75, 3.05) is 14.2 Å². The van der Waals surface area contributed by atoms with Crippen LogP contribution < -0.4 is 14.9 Å². The highest BCUT2D eigenvalue weighted by molar-refractivity contribution is 7.20. The SMILES string of the molecule is COc1cc(OC)c2c(=O)cc(-n3cccn3)sc2c1. The molecule has 0 aliphatic heterocycles. The molecule has 0 spiro atoms. The molecule has 0 aliphatic rings. The normalized spacial score (nSPS) is 10.7. The number of methoxy groups -OCH3 is 2. The Balaban J connectivity index is 2.33. The summed E-state index contributed by atoms with van der Waals surface area (Å²) in [6.45, 7) is 0. The monoisotopic (exact) mass is 288 g/mol. The molecule has 5 nitrogen and oxygen atoms in total. The van der Waals surface area contributed by atoms with E-state index in [1.54, 1.807) is 43.4 Å². The zero-order valence-electron chi connectivity index (χ0n) is 11.0. The molecular weight excluding hydrogens is 276 g/mol. The Morgan fingerprint density at radius 2 is 2.05 bits per heavy atom. The predicted octanol–water partition coefficient (Wildman–Crippen LogP) is 2.46. The molecule has 3 rings (SSSR count). The van der Waals surface area contributed by atoms with Gasteiger partial charge in [-0.15, -0.1) is 11.3 Å². The smallest absolute Gasteiger partial charge is 0.193 e. The maximum atomic E-state index is 12.3. The van der Waals surface area contributed by atoms with Crippen molar-refractivity contribution >= 4 is 21.4 Å². The Morgan fingerprint density at radius 1 is 1.20 bits per heavy atom. The Labute approximate surface area is 119 Å². The van der Waals surface area contributed by atoms with E-state index in [0.29, 0.717) is 16.9 Å². The molecule has 6 heteroatoms. The highest BCUT2D eigenvalue weighted by Gasteiger charge is 2.12. The summed E-state index contributed by atoms with van der Waals surface area (Å²) in [5.41, 5.74) is -0.0937.